The molecule has 0 aliphatic heterocycles. The molecule has 4 aliphatic rings. The smallest absolute Gasteiger partial charge is 0.0714 e. The van der Waals surface area contributed by atoms with E-state index in [0.717, 1.165) is 39.8 Å². The lowest BCUT2D eigenvalue weighted by molar-refractivity contribution is 0.666. The number of anilines is 9. The van der Waals surface area contributed by atoms with Gasteiger partial charge in [0, 0.05) is 66.5 Å². The van der Waals surface area contributed by atoms with Gasteiger partial charge < -0.3 is 14.7 Å². The highest BCUT2D eigenvalue weighted by molar-refractivity contribution is 6.09. The molecule has 0 saturated carbocycles. The van der Waals surface area contributed by atoms with Crippen LogP contribution in [0.4, 0.5) is 51.2 Å². The maximum absolute atomic E-state index is 2.49. The van der Waals surface area contributed by atoms with Gasteiger partial charge in [-0.2, -0.15) is 0 Å². The average Bonchev–Trinajstić information content (AvgIpc) is 1.53. The molecule has 0 unspecified atom stereocenters. The van der Waals surface area contributed by atoms with Gasteiger partial charge in [0.2, 0.25) is 0 Å². The summed E-state index contributed by atoms with van der Waals surface area (Å²) in [4.78, 5) is 7.26. The maximum Gasteiger partial charge on any atom is 0.0714 e. The fourth-order valence-electron chi connectivity index (χ4n) is 22.8. The largest absolute Gasteiger partial charge is 0.310 e. The Labute approximate surface area is 780 Å². The van der Waals surface area contributed by atoms with Crippen LogP contribution in [0.5, 0.6) is 0 Å². The Morgan fingerprint density at radius 2 is 0.383 bits per heavy atom. The van der Waals surface area contributed by atoms with E-state index in [-0.39, 0.29) is 16.2 Å². The SMILES string of the molecule is CC1(C)c2ccccc2-c2ccc3c(N(c4ccc(-c5ccccc5)cc4)c4ccc(-c5ccccc5)cc4)cccc3c21.CC1(C)c2ccccc2-c2ccc3c(N(c4ccc(-c5ccccc5)cc4)c4ccc5c(c4)C(c4ccccc4)(c4ccccc4)c4ccccc4-5)cccc3c21.CC1(C)c2ccccc2-c2ccc3c(N(c4ccccc4)c4ccccc4)cccc3c21. The number of hydrogen-bond acceptors (Lipinski definition) is 3. The summed E-state index contributed by atoms with van der Waals surface area (Å²) in [5, 5.41) is 7.72. The van der Waals surface area contributed by atoms with Crippen molar-refractivity contribution in [2.75, 3.05) is 14.7 Å². The van der Waals surface area contributed by atoms with Gasteiger partial charge in [-0.05, 0) is 241 Å². The molecule has 3 nitrogen and oxygen atoms in total. The zero-order valence-electron chi connectivity index (χ0n) is 75.6. The van der Waals surface area contributed by atoms with E-state index in [1.807, 2.05) is 0 Å². The van der Waals surface area contributed by atoms with Crippen molar-refractivity contribution < 1.29 is 0 Å². The lowest BCUT2D eigenvalue weighted by Gasteiger charge is -2.35. The maximum atomic E-state index is 2.49. The second-order valence-corrected chi connectivity index (χ2v) is 37.3. The minimum Gasteiger partial charge on any atom is -0.310 e. The predicted octanol–water partition coefficient (Wildman–Crippen LogP) is 35.2. The summed E-state index contributed by atoms with van der Waals surface area (Å²) < 4.78 is 0. The number of fused-ring (bicyclic) bond motifs is 18. The molecule has 0 bridgehead atoms. The molecular formula is C130H99N3. The Bertz CT molecular complexity index is 7800. The fraction of sp³-hybridized carbons (Fsp3) is 0.0769. The van der Waals surface area contributed by atoms with Crippen LogP contribution in [0.2, 0.25) is 0 Å². The molecule has 0 saturated heterocycles. The van der Waals surface area contributed by atoms with E-state index in [1.54, 1.807) is 0 Å². The van der Waals surface area contributed by atoms with Crippen molar-refractivity contribution in [2.24, 2.45) is 0 Å². The molecule has 0 radical (unpaired) electrons. The minimum absolute atomic E-state index is 0.0333. The molecule has 25 rings (SSSR count). The first-order valence-electron chi connectivity index (χ1n) is 46.6. The van der Waals surface area contributed by atoms with E-state index >= 15 is 0 Å². The van der Waals surface area contributed by atoms with Gasteiger partial charge in [0.05, 0.1) is 22.5 Å². The molecular weight excluding hydrogens is 1600 g/mol. The van der Waals surface area contributed by atoms with Crippen molar-refractivity contribution >= 4 is 83.5 Å². The molecule has 0 amide bonds. The second kappa shape index (κ2) is 33.1. The number of rotatable bonds is 14. The van der Waals surface area contributed by atoms with E-state index in [2.05, 4.69) is 548 Å². The molecule has 0 aromatic heterocycles. The van der Waals surface area contributed by atoms with Crippen LogP contribution in [0.15, 0.2) is 491 Å². The van der Waals surface area contributed by atoms with Crippen LogP contribution < -0.4 is 14.7 Å². The predicted molar refractivity (Wildman–Crippen MR) is 562 cm³/mol. The Morgan fingerprint density at radius 3 is 0.707 bits per heavy atom. The molecule has 0 heterocycles. The van der Waals surface area contributed by atoms with Gasteiger partial charge in [-0.3, -0.25) is 0 Å². The molecule has 4 aliphatic carbocycles. The van der Waals surface area contributed by atoms with Crippen molar-refractivity contribution in [3.63, 3.8) is 0 Å². The molecule has 21 aromatic carbocycles. The van der Waals surface area contributed by atoms with E-state index < -0.39 is 5.41 Å². The summed E-state index contributed by atoms with van der Waals surface area (Å²) in [5.74, 6) is 0. The first-order valence-corrected chi connectivity index (χ1v) is 46.6. The molecule has 0 N–H and O–H groups in total. The lowest BCUT2D eigenvalue weighted by Crippen LogP contribution is -2.28. The highest BCUT2D eigenvalue weighted by Gasteiger charge is 2.47. The number of nitrogens with zero attached hydrogens (tertiary/aromatic N) is 3. The first-order chi connectivity index (χ1) is 65.3. The fourth-order valence-corrected chi connectivity index (χ4v) is 22.8. The van der Waals surface area contributed by atoms with Gasteiger partial charge in [-0.25, -0.2) is 0 Å². The van der Waals surface area contributed by atoms with E-state index in [9.17, 15) is 0 Å². The second-order valence-electron chi connectivity index (χ2n) is 37.3. The van der Waals surface area contributed by atoms with Crippen LogP contribution in [-0.4, -0.2) is 0 Å². The topological polar surface area (TPSA) is 9.72 Å². The number of hydrogen-bond donors (Lipinski definition) is 0. The Kier molecular flexibility index (Phi) is 20.2. The zero-order valence-corrected chi connectivity index (χ0v) is 75.6. The molecule has 0 atom stereocenters. The van der Waals surface area contributed by atoms with E-state index in [4.69, 9.17) is 0 Å². The van der Waals surface area contributed by atoms with Crippen molar-refractivity contribution in [3.8, 4) is 77.9 Å². The van der Waals surface area contributed by atoms with Crippen molar-refractivity contribution in [2.45, 2.75) is 63.2 Å². The number of benzene rings is 21. The van der Waals surface area contributed by atoms with Crippen molar-refractivity contribution in [3.05, 3.63) is 547 Å². The molecule has 0 fully saturated rings. The molecule has 634 valence electrons. The van der Waals surface area contributed by atoms with Crippen LogP contribution in [0, 0.1) is 0 Å². The normalized spacial score (nSPS) is 13.6. The summed E-state index contributed by atoms with van der Waals surface area (Å²) in [6.07, 6.45) is 0. The van der Waals surface area contributed by atoms with Crippen LogP contribution in [0.3, 0.4) is 0 Å². The van der Waals surface area contributed by atoms with Gasteiger partial charge in [-0.15, -0.1) is 0 Å². The minimum atomic E-state index is -0.497. The highest BCUT2D eigenvalue weighted by Crippen LogP contribution is 2.61. The summed E-state index contributed by atoms with van der Waals surface area (Å²) >= 11 is 0. The Morgan fingerprint density at radius 1 is 0.150 bits per heavy atom. The van der Waals surface area contributed by atoms with Gasteiger partial charge >= 0.3 is 0 Å². The van der Waals surface area contributed by atoms with Crippen molar-refractivity contribution in [1.29, 1.82) is 0 Å². The first kappa shape index (κ1) is 81.3. The van der Waals surface area contributed by atoms with Crippen LogP contribution in [-0.2, 0) is 21.7 Å². The van der Waals surface area contributed by atoms with Gasteiger partial charge in [0.25, 0.3) is 0 Å². The van der Waals surface area contributed by atoms with Crippen LogP contribution in [0.25, 0.3) is 110 Å². The van der Waals surface area contributed by atoms with Crippen LogP contribution >= 0.6 is 0 Å². The third-order valence-corrected chi connectivity index (χ3v) is 28.8. The summed E-state index contributed by atoms with van der Waals surface area (Å²) in [6, 6.07) is 180. The number of para-hydroxylation sites is 2. The third-order valence-electron chi connectivity index (χ3n) is 28.8. The van der Waals surface area contributed by atoms with Gasteiger partial charge in [-0.1, -0.05) is 442 Å². The Balaban J connectivity index is 0.000000118. The monoisotopic (exact) mass is 1700 g/mol. The molecule has 3 heteroatoms. The zero-order chi connectivity index (χ0) is 89.5. The van der Waals surface area contributed by atoms with Crippen LogP contribution in [0.1, 0.15) is 97.2 Å². The quantitative estimate of drug-likeness (QED) is 0.107. The average molecular weight is 1700 g/mol. The highest BCUT2D eigenvalue weighted by atomic mass is 15.2. The standard InChI is InChI=1S/C56H41N.C43H33N.C31H25N/c1-55(2)50-26-14-12-24-45(50)49-36-35-47-48(54(49)55)25-16-28-53(47)57(42-31-29-39(30-32-42)38-17-6-3-7-18-38)43-33-34-46-44-23-13-15-27-51(44)56(52(46)37-43,40-19-8-4-9-20-40)41-21-10-5-11-22-41;1-43(2)40-18-10-9-16-36(40)39-29-28-37-38(42(39)43)17-11-19-41(37)44(34-24-20-32(21-25-34)30-12-5-3-6-13-30)35-26-22-33(23-27-35)31-14-7-4-8-15-31;1-31(2)28-18-10-9-16-24(28)27-21-20-25-26(30(27)31)17-11-19-29(25)32(22-12-5-3-6-13-22)23-14-7-4-8-15-23/h3-37H,1-2H3;3-29H,1-2H3;3-21H,1-2H3. The van der Waals surface area contributed by atoms with Gasteiger partial charge in [0.1, 0.15) is 0 Å². The van der Waals surface area contributed by atoms with Crippen molar-refractivity contribution in [1.82, 2.24) is 0 Å². The van der Waals surface area contributed by atoms with Gasteiger partial charge in [0.15, 0.2) is 0 Å². The summed E-state index contributed by atoms with van der Waals surface area (Å²) in [6.45, 7) is 14.2. The van der Waals surface area contributed by atoms with E-state index in [0.29, 0.717) is 0 Å². The van der Waals surface area contributed by atoms with E-state index in [1.165, 1.54) is 177 Å². The summed E-state index contributed by atoms with van der Waals surface area (Å²) in [5.41, 5.74) is 41.2. The molecule has 0 spiro atoms. The summed E-state index contributed by atoms with van der Waals surface area (Å²) in [7, 11) is 0. The molecule has 133 heavy (non-hydrogen) atoms. The lowest BCUT2D eigenvalue weighted by atomic mass is 9.67. The third kappa shape index (κ3) is 13.6. The molecule has 21 aromatic rings. The Hall–Kier alpha value is -16.2.